The molecule has 0 N–H and O–H groups in total. The number of hydrogen-bond donors (Lipinski definition) is 0. The predicted octanol–water partition coefficient (Wildman–Crippen LogP) is 3.40. The van der Waals surface area contributed by atoms with Crippen LogP contribution >= 0.6 is 11.6 Å². The lowest BCUT2D eigenvalue weighted by Crippen LogP contribution is -2.40. The van der Waals surface area contributed by atoms with Gasteiger partial charge in [0.25, 0.3) is 5.56 Å². The molecule has 1 aliphatic rings. The van der Waals surface area contributed by atoms with Crippen LogP contribution in [0.5, 0.6) is 11.5 Å². The molecule has 1 atom stereocenters. The minimum atomic E-state index is -0.422. The molecule has 5 rings (SSSR count). The molecule has 0 bridgehead atoms. The van der Waals surface area contributed by atoms with E-state index in [1.807, 2.05) is 39.8 Å². The summed E-state index contributed by atoms with van der Waals surface area (Å²) in [5, 5.41) is 0.595. The highest BCUT2D eigenvalue weighted by molar-refractivity contribution is 6.30. The van der Waals surface area contributed by atoms with Gasteiger partial charge in [0.1, 0.15) is 11.5 Å². The average molecular weight is 496 g/mol. The molecule has 0 aliphatic carbocycles. The first kappa shape index (κ1) is 23.0. The van der Waals surface area contributed by atoms with Crippen molar-refractivity contribution < 1.29 is 9.47 Å². The van der Waals surface area contributed by atoms with Gasteiger partial charge in [0.05, 0.1) is 26.5 Å². The van der Waals surface area contributed by atoms with E-state index in [1.165, 1.54) is 9.13 Å². The van der Waals surface area contributed by atoms with Gasteiger partial charge in [-0.05, 0) is 35.7 Å². The molecule has 2 aromatic carbocycles. The number of halogens is 1. The van der Waals surface area contributed by atoms with Gasteiger partial charge in [-0.3, -0.25) is 13.9 Å². The molecule has 1 unspecified atom stereocenters. The summed E-state index contributed by atoms with van der Waals surface area (Å²) in [7, 11) is 4.85. The Morgan fingerprint density at radius 3 is 2.49 bits per heavy atom. The number of hydrogen-bond acceptors (Lipinski definition) is 6. The first-order valence-corrected chi connectivity index (χ1v) is 11.6. The van der Waals surface area contributed by atoms with Crippen LogP contribution in [0.15, 0.2) is 52.1 Å². The van der Waals surface area contributed by atoms with Crippen molar-refractivity contribution in [3.63, 3.8) is 0 Å². The van der Waals surface area contributed by atoms with Crippen LogP contribution in [0.3, 0.4) is 0 Å². The highest BCUT2D eigenvalue weighted by Crippen LogP contribution is 2.39. The highest BCUT2D eigenvalue weighted by atomic mass is 35.5. The first-order valence-electron chi connectivity index (χ1n) is 11.3. The first-order chi connectivity index (χ1) is 16.8. The number of aromatic nitrogens is 4. The Morgan fingerprint density at radius 2 is 1.80 bits per heavy atom. The van der Waals surface area contributed by atoms with E-state index in [0.29, 0.717) is 46.7 Å². The maximum atomic E-state index is 13.7. The molecule has 4 aromatic rings. The van der Waals surface area contributed by atoms with Crippen molar-refractivity contribution in [1.29, 1.82) is 0 Å². The molecule has 1 aliphatic heterocycles. The number of imidazole rings is 1. The summed E-state index contributed by atoms with van der Waals surface area (Å²) < 4.78 is 15.6. The lowest BCUT2D eigenvalue weighted by atomic mass is 10.1. The molecule has 3 heterocycles. The van der Waals surface area contributed by atoms with Gasteiger partial charge in [0.2, 0.25) is 5.95 Å². The van der Waals surface area contributed by atoms with Gasteiger partial charge in [-0.1, -0.05) is 30.7 Å². The van der Waals surface area contributed by atoms with Gasteiger partial charge in [0.15, 0.2) is 11.2 Å². The number of methoxy groups -OCH3 is 2. The van der Waals surface area contributed by atoms with Gasteiger partial charge in [-0.2, -0.15) is 4.98 Å². The second-order valence-electron chi connectivity index (χ2n) is 8.81. The number of benzene rings is 2. The van der Waals surface area contributed by atoms with E-state index in [1.54, 1.807) is 33.4 Å². The number of rotatable bonds is 5. The van der Waals surface area contributed by atoms with Crippen molar-refractivity contribution in [3.05, 3.63) is 73.9 Å². The second-order valence-corrected chi connectivity index (χ2v) is 9.24. The van der Waals surface area contributed by atoms with E-state index in [0.717, 1.165) is 11.3 Å². The molecule has 9 nitrogen and oxygen atoms in total. The van der Waals surface area contributed by atoms with Crippen molar-refractivity contribution in [1.82, 2.24) is 18.7 Å². The molecule has 2 aromatic heterocycles. The van der Waals surface area contributed by atoms with E-state index in [4.69, 9.17) is 26.1 Å². The number of aryl methyl sites for hydroxylation is 1. The average Bonchev–Trinajstić information content (AvgIpc) is 3.25. The number of anilines is 2. The third kappa shape index (κ3) is 3.85. The van der Waals surface area contributed by atoms with Crippen LogP contribution < -0.4 is 25.6 Å². The molecule has 35 heavy (non-hydrogen) atoms. The van der Waals surface area contributed by atoms with E-state index in [-0.39, 0.29) is 18.0 Å². The third-order valence-electron chi connectivity index (χ3n) is 6.37. The van der Waals surface area contributed by atoms with Crippen LogP contribution in [0, 0.1) is 5.92 Å². The van der Waals surface area contributed by atoms with E-state index >= 15 is 0 Å². The van der Waals surface area contributed by atoms with Gasteiger partial charge >= 0.3 is 5.69 Å². The van der Waals surface area contributed by atoms with E-state index in [9.17, 15) is 9.59 Å². The summed E-state index contributed by atoms with van der Waals surface area (Å²) in [5.74, 6) is 2.12. The van der Waals surface area contributed by atoms with Crippen molar-refractivity contribution in [3.8, 4) is 11.5 Å². The van der Waals surface area contributed by atoms with Gasteiger partial charge in [0, 0.05) is 31.2 Å². The Hall–Kier alpha value is -3.72. The molecule has 0 saturated heterocycles. The molecule has 182 valence electrons. The van der Waals surface area contributed by atoms with Crippen LogP contribution in [0.1, 0.15) is 12.5 Å². The summed E-state index contributed by atoms with van der Waals surface area (Å²) in [6, 6.07) is 12.7. The third-order valence-corrected chi connectivity index (χ3v) is 6.63. The number of ether oxygens (including phenoxy) is 2. The van der Waals surface area contributed by atoms with E-state index in [2.05, 4.69) is 6.92 Å². The Balaban J connectivity index is 1.70. The zero-order valence-corrected chi connectivity index (χ0v) is 20.7. The quantitative estimate of drug-likeness (QED) is 0.422. The van der Waals surface area contributed by atoms with Crippen LogP contribution in [-0.4, -0.2) is 39.4 Å². The Kier molecular flexibility index (Phi) is 5.80. The normalized spacial score (nSPS) is 15.3. The predicted molar refractivity (Wildman–Crippen MR) is 136 cm³/mol. The van der Waals surface area contributed by atoms with Gasteiger partial charge in [-0.15, -0.1) is 0 Å². The molecule has 0 fully saturated rings. The minimum absolute atomic E-state index is 0.144. The summed E-state index contributed by atoms with van der Waals surface area (Å²) in [6.45, 7) is 3.55. The fraction of sp³-hybridized carbons (Fsp3) is 0.320. The summed E-state index contributed by atoms with van der Waals surface area (Å²) in [4.78, 5) is 33.6. The lowest BCUT2D eigenvalue weighted by molar-refractivity contribution is 0.392. The van der Waals surface area contributed by atoms with Crippen molar-refractivity contribution in [2.24, 2.45) is 13.0 Å². The standard InChI is InChI=1S/C25H26ClN5O4/c1-15-12-29(19-10-9-18(34-3)11-20(19)35-4)24-27-22-21(30(24)13-15)23(32)31(25(33)28(22)2)14-16-5-7-17(26)8-6-16/h5-11,15H,12-14H2,1-4H3. The summed E-state index contributed by atoms with van der Waals surface area (Å²) >= 11 is 6.00. The lowest BCUT2D eigenvalue weighted by Gasteiger charge is -2.33. The molecule has 0 saturated carbocycles. The summed E-state index contributed by atoms with van der Waals surface area (Å²) in [6.07, 6.45) is 0. The van der Waals surface area contributed by atoms with Crippen LogP contribution in [0.25, 0.3) is 11.2 Å². The van der Waals surface area contributed by atoms with Crippen molar-refractivity contribution >= 4 is 34.4 Å². The molecule has 0 spiro atoms. The highest BCUT2D eigenvalue weighted by Gasteiger charge is 2.31. The monoisotopic (exact) mass is 495 g/mol. The topological polar surface area (TPSA) is 83.5 Å². The molecule has 0 amide bonds. The van der Waals surface area contributed by atoms with E-state index < -0.39 is 5.69 Å². The van der Waals surface area contributed by atoms with Crippen LogP contribution in [0.4, 0.5) is 11.6 Å². The number of nitrogens with zero attached hydrogens (tertiary/aromatic N) is 5. The Labute approximate surface area is 206 Å². The zero-order valence-electron chi connectivity index (χ0n) is 20.0. The molecular weight excluding hydrogens is 470 g/mol. The fourth-order valence-corrected chi connectivity index (χ4v) is 4.75. The maximum Gasteiger partial charge on any atom is 0.332 e. The van der Waals surface area contributed by atoms with Crippen molar-refractivity contribution in [2.45, 2.75) is 20.0 Å². The largest absolute Gasteiger partial charge is 0.497 e. The van der Waals surface area contributed by atoms with Crippen molar-refractivity contribution in [2.75, 3.05) is 25.7 Å². The minimum Gasteiger partial charge on any atom is -0.497 e. The zero-order chi connectivity index (χ0) is 24.9. The smallest absolute Gasteiger partial charge is 0.332 e. The Morgan fingerprint density at radius 1 is 1.06 bits per heavy atom. The maximum absolute atomic E-state index is 13.7. The van der Waals surface area contributed by atoms with Crippen LogP contribution in [-0.2, 0) is 20.1 Å². The van der Waals surface area contributed by atoms with Gasteiger partial charge in [-0.25, -0.2) is 4.79 Å². The molecule has 10 heteroatoms. The molecular formula is C25H26ClN5O4. The summed E-state index contributed by atoms with van der Waals surface area (Å²) in [5.41, 5.74) is 1.59. The Bertz CT molecular complexity index is 1540. The SMILES string of the molecule is COc1ccc(N2CC(C)Cn3c2nc2c3c(=O)n(Cc3ccc(Cl)cc3)c(=O)n2C)c(OC)c1. The fourth-order valence-electron chi connectivity index (χ4n) is 4.63. The van der Waals surface area contributed by atoms with Gasteiger partial charge < -0.3 is 18.9 Å². The number of fused-ring (bicyclic) bond motifs is 3. The van der Waals surface area contributed by atoms with Crippen LogP contribution in [0.2, 0.25) is 5.02 Å². The molecule has 0 radical (unpaired) electrons. The second kappa shape index (κ2) is 8.81.